The zero-order chi connectivity index (χ0) is 16.4. The fourth-order valence-corrected chi connectivity index (χ4v) is 4.56. The van der Waals surface area contributed by atoms with Crippen molar-refractivity contribution < 1.29 is 9.38 Å². The summed E-state index contributed by atoms with van der Waals surface area (Å²) in [6.07, 6.45) is 5.68. The van der Waals surface area contributed by atoms with Crippen LogP contribution in [0.1, 0.15) is 12.8 Å². The van der Waals surface area contributed by atoms with Crippen molar-refractivity contribution in [2.24, 2.45) is 18.0 Å². The van der Waals surface area contributed by atoms with E-state index in [0.717, 1.165) is 42.7 Å². The fourth-order valence-electron chi connectivity index (χ4n) is 4.56. The number of aryl methyl sites for hydroxylation is 1. The van der Waals surface area contributed by atoms with Gasteiger partial charge in [0, 0.05) is 43.6 Å². The van der Waals surface area contributed by atoms with Gasteiger partial charge in [0.1, 0.15) is 12.4 Å². The molecular weight excluding hydrogens is 306 g/mol. The topological polar surface area (TPSA) is 74.5 Å². The summed E-state index contributed by atoms with van der Waals surface area (Å²) in [7, 11) is 2.01. The van der Waals surface area contributed by atoms with Gasteiger partial charge in [-0.3, -0.25) is 5.32 Å². The van der Waals surface area contributed by atoms with Gasteiger partial charge in [-0.05, 0) is 12.1 Å². The molecule has 0 unspecified atom stereocenters. The second-order valence-electron chi connectivity index (χ2n) is 7.37. The summed E-state index contributed by atoms with van der Waals surface area (Å²) in [5.41, 5.74) is 0.693. The number of pyridine rings is 1. The average molecular weight is 327 g/mol. The van der Waals surface area contributed by atoms with Crippen LogP contribution < -0.4 is 5.32 Å². The largest absolute Gasteiger partial charge is 0.633 e. The Labute approximate surface area is 140 Å². The van der Waals surface area contributed by atoms with Crippen molar-refractivity contribution >= 4 is 22.7 Å². The number of quaternary nitrogens is 1. The van der Waals surface area contributed by atoms with Gasteiger partial charge in [-0.25, -0.2) is 9.98 Å². The zero-order valence-electron chi connectivity index (χ0n) is 13.7. The first-order chi connectivity index (χ1) is 11.6. The summed E-state index contributed by atoms with van der Waals surface area (Å²) in [5, 5.41) is 17.0. The molecule has 7 heteroatoms. The Bertz CT molecular complexity index is 837. The molecule has 3 fully saturated rings. The maximum Gasteiger partial charge on any atom is 0.291 e. The molecule has 6 rings (SSSR count). The summed E-state index contributed by atoms with van der Waals surface area (Å²) >= 11 is 0. The van der Waals surface area contributed by atoms with Crippen LogP contribution >= 0.6 is 0 Å². The third-order valence-electron chi connectivity index (χ3n) is 5.90. The predicted molar refractivity (Wildman–Crippen MR) is 91.4 cm³/mol. The Hall–Kier alpha value is -2.12. The highest BCUT2D eigenvalue weighted by Crippen LogP contribution is 2.44. The SMILES string of the molecule is Cn1ccc2c(NC3=NC[C@@]4(C[N+]5([O-])CCC4CC5)O3)nccc21. The number of hydrogen-bond donors (Lipinski definition) is 1. The number of hydrogen-bond acceptors (Lipinski definition) is 5. The number of nitrogens with zero attached hydrogens (tertiary/aromatic N) is 4. The molecule has 3 saturated heterocycles. The van der Waals surface area contributed by atoms with Gasteiger partial charge in [0.2, 0.25) is 0 Å². The van der Waals surface area contributed by atoms with Gasteiger partial charge < -0.3 is 19.2 Å². The van der Waals surface area contributed by atoms with Crippen LogP contribution in [0.25, 0.3) is 10.9 Å². The Morgan fingerprint density at radius 3 is 3.00 bits per heavy atom. The lowest BCUT2D eigenvalue weighted by Gasteiger charge is -2.58. The van der Waals surface area contributed by atoms with Gasteiger partial charge in [-0.1, -0.05) is 0 Å². The van der Waals surface area contributed by atoms with Crippen LogP contribution in [0.5, 0.6) is 0 Å². The molecule has 7 nitrogen and oxygen atoms in total. The predicted octanol–water partition coefficient (Wildman–Crippen LogP) is 1.85. The van der Waals surface area contributed by atoms with Crippen LogP contribution in [0.2, 0.25) is 0 Å². The van der Waals surface area contributed by atoms with E-state index in [1.807, 2.05) is 25.4 Å². The summed E-state index contributed by atoms with van der Waals surface area (Å²) in [5.74, 6) is 1.19. The van der Waals surface area contributed by atoms with Crippen molar-refractivity contribution in [1.29, 1.82) is 0 Å². The maximum atomic E-state index is 12.7. The van der Waals surface area contributed by atoms with E-state index in [1.165, 1.54) is 0 Å². The first kappa shape index (κ1) is 14.2. The van der Waals surface area contributed by atoms with Gasteiger partial charge in [0.05, 0.1) is 25.2 Å². The Morgan fingerprint density at radius 1 is 1.38 bits per heavy atom. The molecule has 0 aromatic carbocycles. The maximum absolute atomic E-state index is 12.7. The highest BCUT2D eigenvalue weighted by molar-refractivity contribution is 5.99. The summed E-state index contributed by atoms with van der Waals surface area (Å²) < 4.78 is 8.16. The number of ether oxygens (including phenoxy) is 1. The van der Waals surface area contributed by atoms with Crippen LogP contribution in [-0.4, -0.2) is 52.0 Å². The monoisotopic (exact) mass is 327 g/mol. The van der Waals surface area contributed by atoms with Crippen LogP contribution in [0, 0.1) is 11.1 Å². The van der Waals surface area contributed by atoms with Gasteiger partial charge in [-0.15, -0.1) is 0 Å². The number of anilines is 1. The highest BCUT2D eigenvalue weighted by atomic mass is 16.6. The Morgan fingerprint density at radius 2 is 2.21 bits per heavy atom. The quantitative estimate of drug-likeness (QED) is 0.641. The minimum absolute atomic E-state index is 0.119. The summed E-state index contributed by atoms with van der Waals surface area (Å²) in [6.45, 7) is 2.55. The van der Waals surface area contributed by atoms with Crippen LogP contribution in [-0.2, 0) is 11.8 Å². The molecule has 126 valence electrons. The molecule has 0 aliphatic carbocycles. The van der Waals surface area contributed by atoms with Gasteiger partial charge in [0.25, 0.3) is 6.02 Å². The van der Waals surface area contributed by atoms with E-state index in [9.17, 15) is 5.21 Å². The number of piperidine rings is 3. The third kappa shape index (κ3) is 1.98. The van der Waals surface area contributed by atoms with Crippen molar-refractivity contribution in [2.45, 2.75) is 18.4 Å². The van der Waals surface area contributed by atoms with E-state index in [0.29, 0.717) is 25.0 Å². The molecule has 24 heavy (non-hydrogen) atoms. The number of aliphatic imine (C=N–C) groups is 1. The minimum atomic E-state index is -0.412. The lowest BCUT2D eigenvalue weighted by molar-refractivity contribution is -0.905. The van der Waals surface area contributed by atoms with Crippen molar-refractivity contribution in [3.05, 3.63) is 29.7 Å². The van der Waals surface area contributed by atoms with Crippen LogP contribution in [0.15, 0.2) is 29.5 Å². The van der Waals surface area contributed by atoms with Gasteiger partial charge in [-0.2, -0.15) is 0 Å². The average Bonchev–Trinajstić information content (AvgIpc) is 3.13. The summed E-state index contributed by atoms with van der Waals surface area (Å²) in [6, 6.07) is 4.51. The van der Waals surface area contributed by atoms with Crippen molar-refractivity contribution in [3.8, 4) is 0 Å². The highest BCUT2D eigenvalue weighted by Gasteiger charge is 2.56. The van der Waals surface area contributed by atoms with E-state index < -0.39 is 5.60 Å². The van der Waals surface area contributed by atoms with Crippen molar-refractivity contribution in [1.82, 2.24) is 9.55 Å². The van der Waals surface area contributed by atoms with E-state index in [4.69, 9.17) is 4.74 Å². The number of rotatable bonds is 1. The van der Waals surface area contributed by atoms with E-state index in [-0.39, 0.29) is 4.65 Å². The van der Waals surface area contributed by atoms with Crippen molar-refractivity contribution in [2.75, 3.05) is 31.5 Å². The molecule has 0 radical (unpaired) electrons. The number of aromatic nitrogens is 2. The standard InChI is InChI=1S/C17H21N5O2/c1-21-7-3-13-14(21)2-6-18-15(13)20-16-19-10-17(24-16)11-22(23)8-4-12(17)5-9-22/h2-3,6-7,12H,4-5,8-11H2,1H3,(H,18,19,20)/t12?,17-,22?/m0/s1. The molecule has 2 bridgehead atoms. The third-order valence-corrected chi connectivity index (χ3v) is 5.90. The molecule has 1 N–H and O–H groups in total. The number of fused-ring (bicyclic) bond motifs is 3. The van der Waals surface area contributed by atoms with E-state index in [1.54, 1.807) is 6.20 Å². The normalized spacial score (nSPS) is 34.6. The molecule has 0 saturated carbocycles. The van der Waals surface area contributed by atoms with Gasteiger partial charge >= 0.3 is 0 Å². The molecule has 1 spiro atoms. The molecular formula is C17H21N5O2. The minimum Gasteiger partial charge on any atom is -0.633 e. The van der Waals surface area contributed by atoms with Gasteiger partial charge in [0.15, 0.2) is 5.60 Å². The molecule has 2 aromatic heterocycles. The lowest BCUT2D eigenvalue weighted by atomic mass is 9.75. The molecule has 6 heterocycles. The fraction of sp³-hybridized carbons (Fsp3) is 0.529. The van der Waals surface area contributed by atoms with Crippen LogP contribution in [0.4, 0.5) is 5.82 Å². The van der Waals surface area contributed by atoms with E-state index in [2.05, 4.69) is 19.9 Å². The smallest absolute Gasteiger partial charge is 0.291 e. The molecule has 4 aliphatic heterocycles. The first-order valence-electron chi connectivity index (χ1n) is 8.55. The van der Waals surface area contributed by atoms with E-state index >= 15 is 0 Å². The zero-order valence-corrected chi connectivity index (χ0v) is 13.7. The van der Waals surface area contributed by atoms with Crippen LogP contribution in [0.3, 0.4) is 0 Å². The van der Waals surface area contributed by atoms with Crippen molar-refractivity contribution in [3.63, 3.8) is 0 Å². The second kappa shape index (κ2) is 4.70. The molecule has 4 aliphatic rings. The number of amidine groups is 1. The lowest BCUT2D eigenvalue weighted by Crippen LogP contribution is -2.67. The number of hydroxylamine groups is 3. The molecule has 2 aromatic rings. The molecule has 1 atom stereocenters. The Balaban J connectivity index is 1.40. The summed E-state index contributed by atoms with van der Waals surface area (Å²) in [4.78, 5) is 8.99. The molecule has 0 amide bonds. The second-order valence-corrected chi connectivity index (χ2v) is 7.37. The first-order valence-corrected chi connectivity index (χ1v) is 8.55. The number of nitrogens with one attached hydrogen (secondary N) is 1. The Kier molecular flexibility index (Phi) is 2.79.